The molecule has 1 fully saturated rings. The van der Waals surface area contributed by atoms with Gasteiger partial charge in [0.2, 0.25) is 0 Å². The van der Waals surface area contributed by atoms with Crippen molar-refractivity contribution in [1.29, 1.82) is 0 Å². The third-order valence-electron chi connectivity index (χ3n) is 2.09. The Morgan fingerprint density at radius 2 is 2.07 bits per heavy atom. The quantitative estimate of drug-likeness (QED) is 0.824. The van der Waals surface area contributed by atoms with Crippen molar-refractivity contribution >= 4 is 34.9 Å². The third kappa shape index (κ3) is 3.01. The van der Waals surface area contributed by atoms with Gasteiger partial charge in [0.25, 0.3) is 0 Å². The van der Waals surface area contributed by atoms with E-state index in [0.717, 1.165) is 12.8 Å². The molecule has 0 saturated heterocycles. The SMILES string of the molecule is O=C(Nc1cc(Cl)ccc1Cl)NC1CC1. The van der Waals surface area contributed by atoms with Gasteiger partial charge in [-0.2, -0.15) is 0 Å². The number of rotatable bonds is 2. The molecule has 0 aliphatic heterocycles. The Bertz CT molecular complexity index is 391. The van der Waals surface area contributed by atoms with Gasteiger partial charge in [0.05, 0.1) is 10.7 Å². The maximum atomic E-state index is 11.4. The first-order valence-corrected chi connectivity index (χ1v) is 5.43. The van der Waals surface area contributed by atoms with Gasteiger partial charge >= 0.3 is 6.03 Å². The molecule has 1 saturated carbocycles. The maximum absolute atomic E-state index is 11.4. The van der Waals surface area contributed by atoms with Crippen LogP contribution in [0.25, 0.3) is 0 Å². The van der Waals surface area contributed by atoms with E-state index >= 15 is 0 Å². The van der Waals surface area contributed by atoms with E-state index in [1.54, 1.807) is 18.2 Å². The smallest absolute Gasteiger partial charge is 0.319 e. The summed E-state index contributed by atoms with van der Waals surface area (Å²) in [5.41, 5.74) is 0.530. The van der Waals surface area contributed by atoms with E-state index in [4.69, 9.17) is 23.2 Å². The van der Waals surface area contributed by atoms with Crippen LogP contribution >= 0.6 is 23.2 Å². The number of halogens is 2. The number of nitrogens with one attached hydrogen (secondary N) is 2. The molecule has 80 valence electrons. The Morgan fingerprint density at radius 1 is 1.33 bits per heavy atom. The van der Waals surface area contributed by atoms with Crippen LogP contribution in [0.4, 0.5) is 10.5 Å². The summed E-state index contributed by atoms with van der Waals surface area (Å²) in [7, 11) is 0. The molecule has 2 rings (SSSR count). The Labute approximate surface area is 97.8 Å². The van der Waals surface area contributed by atoms with E-state index in [9.17, 15) is 4.79 Å². The molecule has 5 heteroatoms. The van der Waals surface area contributed by atoms with Crippen molar-refractivity contribution in [2.45, 2.75) is 18.9 Å². The molecule has 0 heterocycles. The minimum absolute atomic E-state index is 0.235. The van der Waals surface area contributed by atoms with Gasteiger partial charge in [-0.1, -0.05) is 23.2 Å². The van der Waals surface area contributed by atoms with Crippen LogP contribution in [-0.2, 0) is 0 Å². The highest BCUT2D eigenvalue weighted by Gasteiger charge is 2.23. The van der Waals surface area contributed by atoms with E-state index in [1.807, 2.05) is 0 Å². The van der Waals surface area contributed by atoms with E-state index in [1.165, 1.54) is 0 Å². The minimum Gasteiger partial charge on any atom is -0.335 e. The van der Waals surface area contributed by atoms with E-state index in [2.05, 4.69) is 10.6 Å². The van der Waals surface area contributed by atoms with Crippen molar-refractivity contribution in [3.05, 3.63) is 28.2 Å². The number of carbonyl (C=O) groups excluding carboxylic acids is 1. The Kier molecular flexibility index (Phi) is 3.03. The Balaban J connectivity index is 2.01. The molecular formula is C10H10Cl2N2O. The highest BCUT2D eigenvalue weighted by molar-refractivity contribution is 6.35. The van der Waals surface area contributed by atoms with Crippen molar-refractivity contribution in [2.75, 3.05) is 5.32 Å². The molecule has 0 aromatic heterocycles. The van der Waals surface area contributed by atoms with Crippen molar-refractivity contribution in [3.63, 3.8) is 0 Å². The molecule has 1 aliphatic rings. The molecule has 15 heavy (non-hydrogen) atoms. The van der Waals surface area contributed by atoms with Crippen molar-refractivity contribution in [1.82, 2.24) is 5.32 Å². The standard InChI is InChI=1S/C10H10Cl2N2O/c11-6-1-4-8(12)9(5-6)14-10(15)13-7-2-3-7/h1,4-5,7H,2-3H2,(H2,13,14,15). The number of anilines is 1. The number of urea groups is 1. The van der Waals surface area contributed by atoms with Gasteiger partial charge in [0.1, 0.15) is 0 Å². The number of hydrogen-bond donors (Lipinski definition) is 2. The molecule has 1 aliphatic carbocycles. The average molecular weight is 245 g/mol. The van der Waals surface area contributed by atoms with Gasteiger partial charge in [-0.25, -0.2) is 4.79 Å². The molecule has 0 atom stereocenters. The van der Waals surface area contributed by atoms with Crippen LogP contribution < -0.4 is 10.6 Å². The zero-order chi connectivity index (χ0) is 10.8. The molecule has 2 N–H and O–H groups in total. The summed E-state index contributed by atoms with van der Waals surface area (Å²) in [6.45, 7) is 0. The van der Waals surface area contributed by atoms with Crippen molar-refractivity contribution in [3.8, 4) is 0 Å². The summed E-state index contributed by atoms with van der Waals surface area (Å²) in [6.07, 6.45) is 2.10. The average Bonchev–Trinajstić information content (AvgIpc) is 2.95. The minimum atomic E-state index is -0.235. The second-order valence-electron chi connectivity index (χ2n) is 3.50. The molecule has 3 nitrogen and oxygen atoms in total. The van der Waals surface area contributed by atoms with Gasteiger partial charge in [-0.3, -0.25) is 0 Å². The fourth-order valence-electron chi connectivity index (χ4n) is 1.16. The van der Waals surface area contributed by atoms with E-state index in [0.29, 0.717) is 21.8 Å². The molecule has 0 radical (unpaired) electrons. The van der Waals surface area contributed by atoms with Crippen LogP contribution in [0.5, 0.6) is 0 Å². The number of hydrogen-bond acceptors (Lipinski definition) is 1. The lowest BCUT2D eigenvalue weighted by Gasteiger charge is -2.08. The van der Waals surface area contributed by atoms with Crippen LogP contribution in [0.1, 0.15) is 12.8 Å². The summed E-state index contributed by atoms with van der Waals surface area (Å²) < 4.78 is 0. The topological polar surface area (TPSA) is 41.1 Å². The first-order valence-electron chi connectivity index (χ1n) is 4.68. The van der Waals surface area contributed by atoms with Gasteiger partial charge in [0.15, 0.2) is 0 Å². The van der Waals surface area contributed by atoms with Crippen LogP contribution in [0, 0.1) is 0 Å². The summed E-state index contributed by atoms with van der Waals surface area (Å²) in [6, 6.07) is 5.03. The zero-order valence-corrected chi connectivity index (χ0v) is 9.40. The van der Waals surface area contributed by atoms with E-state index in [-0.39, 0.29) is 6.03 Å². The van der Waals surface area contributed by atoms with Gasteiger partial charge in [-0.05, 0) is 31.0 Å². The molecule has 0 spiro atoms. The molecule has 2 amide bonds. The lowest BCUT2D eigenvalue weighted by atomic mass is 10.3. The predicted molar refractivity (Wildman–Crippen MR) is 61.6 cm³/mol. The summed E-state index contributed by atoms with van der Waals surface area (Å²) in [5.74, 6) is 0. The summed E-state index contributed by atoms with van der Waals surface area (Å²) in [4.78, 5) is 11.4. The molecule has 0 bridgehead atoms. The Hall–Kier alpha value is -0.930. The fraction of sp³-hybridized carbons (Fsp3) is 0.300. The number of benzene rings is 1. The van der Waals surface area contributed by atoms with Crippen molar-refractivity contribution < 1.29 is 4.79 Å². The van der Waals surface area contributed by atoms with Crippen LogP contribution in [0.2, 0.25) is 10.0 Å². The molecule has 1 aromatic carbocycles. The third-order valence-corrected chi connectivity index (χ3v) is 2.65. The predicted octanol–water partition coefficient (Wildman–Crippen LogP) is 3.28. The highest BCUT2D eigenvalue weighted by Crippen LogP contribution is 2.25. The largest absolute Gasteiger partial charge is 0.335 e. The van der Waals surface area contributed by atoms with Gasteiger partial charge in [-0.15, -0.1) is 0 Å². The first-order chi connectivity index (χ1) is 7.15. The van der Waals surface area contributed by atoms with Crippen LogP contribution in [0.3, 0.4) is 0 Å². The lowest BCUT2D eigenvalue weighted by molar-refractivity contribution is 0.251. The molecule has 1 aromatic rings. The fourth-order valence-corrected chi connectivity index (χ4v) is 1.50. The monoisotopic (exact) mass is 244 g/mol. The van der Waals surface area contributed by atoms with Crippen LogP contribution in [-0.4, -0.2) is 12.1 Å². The normalized spacial score (nSPS) is 14.8. The first kappa shape index (κ1) is 10.6. The number of carbonyl (C=O) groups is 1. The molecular weight excluding hydrogens is 235 g/mol. The highest BCUT2D eigenvalue weighted by atomic mass is 35.5. The van der Waals surface area contributed by atoms with E-state index < -0.39 is 0 Å². The summed E-state index contributed by atoms with van der Waals surface area (Å²) in [5, 5.41) is 6.47. The summed E-state index contributed by atoms with van der Waals surface area (Å²) >= 11 is 11.7. The zero-order valence-electron chi connectivity index (χ0n) is 7.89. The van der Waals surface area contributed by atoms with Crippen LogP contribution in [0.15, 0.2) is 18.2 Å². The number of amides is 2. The Morgan fingerprint density at radius 3 is 2.73 bits per heavy atom. The maximum Gasteiger partial charge on any atom is 0.319 e. The second-order valence-corrected chi connectivity index (χ2v) is 4.34. The van der Waals surface area contributed by atoms with Gasteiger partial charge < -0.3 is 10.6 Å². The lowest BCUT2D eigenvalue weighted by Crippen LogP contribution is -2.30. The molecule has 0 unspecified atom stereocenters. The second kappa shape index (κ2) is 4.29. The van der Waals surface area contributed by atoms with Crippen molar-refractivity contribution in [2.24, 2.45) is 0 Å². The van der Waals surface area contributed by atoms with Gasteiger partial charge in [0, 0.05) is 11.1 Å².